The van der Waals surface area contributed by atoms with Gasteiger partial charge in [-0.2, -0.15) is 0 Å². The number of fused-ring (bicyclic) bond motifs is 1. The summed E-state index contributed by atoms with van der Waals surface area (Å²) in [4.78, 5) is 28.1. The summed E-state index contributed by atoms with van der Waals surface area (Å²) in [7, 11) is 0. The number of aliphatic hydroxyl groups is 1. The van der Waals surface area contributed by atoms with Gasteiger partial charge in [0.25, 0.3) is 11.7 Å². The minimum Gasteiger partial charge on any atom is -0.507 e. The fourth-order valence-corrected chi connectivity index (χ4v) is 4.54. The smallest absolute Gasteiger partial charge is 0.296 e. The molecule has 1 N–H and O–H groups in total. The van der Waals surface area contributed by atoms with E-state index < -0.39 is 17.7 Å². The average Bonchev–Trinajstić information content (AvgIpc) is 3.54. The average molecular weight is 518 g/mol. The van der Waals surface area contributed by atoms with E-state index in [0.717, 1.165) is 0 Å². The molecule has 1 unspecified atom stereocenters. The van der Waals surface area contributed by atoms with Crippen molar-refractivity contribution in [3.05, 3.63) is 89.9 Å². The highest BCUT2D eigenvalue weighted by Gasteiger charge is 2.46. The van der Waals surface area contributed by atoms with Gasteiger partial charge in [-0.15, -0.1) is 0 Å². The van der Waals surface area contributed by atoms with Crippen molar-refractivity contribution in [3.63, 3.8) is 0 Å². The molecule has 1 amide bonds. The normalized spacial score (nSPS) is 17.9. The molecule has 9 nitrogen and oxygen atoms in total. The maximum atomic E-state index is 13.4. The van der Waals surface area contributed by atoms with Crippen LogP contribution in [0.15, 0.2) is 77.4 Å². The number of carbonyl (C=O) groups is 2. The van der Waals surface area contributed by atoms with Gasteiger partial charge in [-0.3, -0.25) is 9.59 Å². The van der Waals surface area contributed by atoms with Crippen LogP contribution in [0.3, 0.4) is 0 Å². The zero-order chi connectivity index (χ0) is 26.6. The van der Waals surface area contributed by atoms with Gasteiger partial charge >= 0.3 is 0 Å². The van der Waals surface area contributed by atoms with Crippen LogP contribution >= 0.6 is 0 Å². The van der Waals surface area contributed by atoms with Crippen molar-refractivity contribution in [1.29, 1.82) is 0 Å². The maximum Gasteiger partial charge on any atom is 0.296 e. The van der Waals surface area contributed by atoms with Crippen molar-refractivity contribution in [2.45, 2.75) is 19.5 Å². The Balaban J connectivity index is 1.63. The number of Topliss-reactive ketones (excluding diaryl/α,β-unsaturated/α-hetero) is 1. The molecule has 1 saturated heterocycles. The van der Waals surface area contributed by atoms with Crippen molar-refractivity contribution in [2.75, 3.05) is 26.4 Å². The Morgan fingerprint density at radius 3 is 2.63 bits per heavy atom. The van der Waals surface area contributed by atoms with Crippen LogP contribution in [-0.4, -0.2) is 48.1 Å². The Bertz CT molecular complexity index is 1390. The van der Waals surface area contributed by atoms with Gasteiger partial charge in [0.05, 0.1) is 31.0 Å². The third-order valence-corrected chi connectivity index (χ3v) is 6.20. The largest absolute Gasteiger partial charge is 0.507 e. The number of nitrogens with zero attached hydrogens (tertiary/aromatic N) is 1. The van der Waals surface area contributed by atoms with Crippen LogP contribution in [-0.2, 0) is 16.1 Å². The molecule has 196 valence electrons. The minimum absolute atomic E-state index is 0.0266. The van der Waals surface area contributed by atoms with Crippen LogP contribution in [0.4, 0.5) is 0 Å². The molecule has 9 heteroatoms. The lowest BCUT2D eigenvalue weighted by Gasteiger charge is -2.25. The van der Waals surface area contributed by atoms with E-state index >= 15 is 0 Å². The first-order chi connectivity index (χ1) is 18.5. The molecule has 0 spiro atoms. The number of likely N-dealkylation sites (tertiary alicyclic amines) is 1. The molecule has 2 aliphatic rings. The second-order valence-electron chi connectivity index (χ2n) is 8.60. The summed E-state index contributed by atoms with van der Waals surface area (Å²) in [6, 6.07) is 12.5. The molecule has 2 aliphatic heterocycles. The topological polar surface area (TPSA) is 108 Å². The molecule has 1 atom stereocenters. The van der Waals surface area contributed by atoms with Crippen LogP contribution in [0.5, 0.6) is 23.0 Å². The summed E-state index contributed by atoms with van der Waals surface area (Å²) in [5.41, 5.74) is 0.830. The second-order valence-corrected chi connectivity index (χ2v) is 8.60. The summed E-state index contributed by atoms with van der Waals surface area (Å²) in [5.74, 6) is 0.530. The van der Waals surface area contributed by atoms with Gasteiger partial charge in [-0.1, -0.05) is 18.7 Å². The first-order valence-electron chi connectivity index (χ1n) is 12.2. The Hall–Kier alpha value is -4.66. The van der Waals surface area contributed by atoms with Gasteiger partial charge in [-0.25, -0.2) is 0 Å². The number of amides is 1. The second kappa shape index (κ2) is 10.8. The van der Waals surface area contributed by atoms with Crippen LogP contribution in [0.25, 0.3) is 5.76 Å². The fourth-order valence-electron chi connectivity index (χ4n) is 4.54. The van der Waals surface area contributed by atoms with Crippen molar-refractivity contribution >= 4 is 17.4 Å². The van der Waals surface area contributed by atoms with Gasteiger partial charge in [0, 0.05) is 5.56 Å². The number of carbonyl (C=O) groups excluding carboxylic acids is 2. The van der Waals surface area contributed by atoms with Gasteiger partial charge in [-0.05, 0) is 55.0 Å². The molecule has 0 bridgehead atoms. The lowest BCUT2D eigenvalue weighted by atomic mass is 9.94. The number of hydrogen-bond acceptors (Lipinski definition) is 8. The van der Waals surface area contributed by atoms with Crippen LogP contribution < -0.4 is 18.9 Å². The SMILES string of the molecule is C=CCOc1ccc(C2/C(=C(\O)c3ccc4c(c3)OCCO4)C(=O)C(=O)N2Cc2ccco2)cc1OCC. The van der Waals surface area contributed by atoms with E-state index in [2.05, 4.69) is 6.58 Å². The summed E-state index contributed by atoms with van der Waals surface area (Å²) >= 11 is 0. The van der Waals surface area contributed by atoms with Gasteiger partial charge < -0.3 is 33.4 Å². The predicted octanol–water partition coefficient (Wildman–Crippen LogP) is 4.64. The summed E-state index contributed by atoms with van der Waals surface area (Å²) in [6.07, 6.45) is 3.12. The maximum absolute atomic E-state index is 13.4. The van der Waals surface area contributed by atoms with Gasteiger partial charge in [0.2, 0.25) is 0 Å². The van der Waals surface area contributed by atoms with E-state index in [1.54, 1.807) is 54.6 Å². The minimum atomic E-state index is -0.916. The Morgan fingerprint density at radius 1 is 1.08 bits per heavy atom. The van der Waals surface area contributed by atoms with Gasteiger partial charge in [0.1, 0.15) is 31.3 Å². The van der Waals surface area contributed by atoms with Gasteiger partial charge in [0.15, 0.2) is 23.0 Å². The Kier molecular flexibility index (Phi) is 7.08. The third kappa shape index (κ3) is 4.70. The standard InChI is InChI=1S/C29H27NO8/c1-3-11-36-21-9-7-18(15-23(21)34-4-2)26-25(28(32)29(33)30(26)17-20-6-5-12-35-20)27(31)19-8-10-22-24(16-19)38-14-13-37-22/h3,5-10,12,15-16,26,31H,1,4,11,13-14,17H2,2H3/b27-25+. The molecule has 1 aromatic heterocycles. The van der Waals surface area contributed by atoms with Crippen molar-refractivity contribution < 1.29 is 38.1 Å². The molecule has 0 aliphatic carbocycles. The van der Waals surface area contributed by atoms with E-state index in [9.17, 15) is 14.7 Å². The number of rotatable bonds is 9. The van der Waals surface area contributed by atoms with Crippen LogP contribution in [0.1, 0.15) is 29.9 Å². The van der Waals surface area contributed by atoms with E-state index in [4.69, 9.17) is 23.4 Å². The van der Waals surface area contributed by atoms with Crippen LogP contribution in [0, 0.1) is 0 Å². The highest BCUT2D eigenvalue weighted by molar-refractivity contribution is 6.46. The zero-order valence-corrected chi connectivity index (χ0v) is 20.8. The highest BCUT2D eigenvalue weighted by Crippen LogP contribution is 2.43. The molecule has 2 aromatic carbocycles. The molecular weight excluding hydrogens is 490 g/mol. The molecule has 3 heterocycles. The molecule has 3 aromatic rings. The lowest BCUT2D eigenvalue weighted by Crippen LogP contribution is -2.29. The summed E-state index contributed by atoms with van der Waals surface area (Å²) in [6.45, 7) is 6.98. The predicted molar refractivity (Wildman–Crippen MR) is 137 cm³/mol. The number of benzene rings is 2. The van der Waals surface area contributed by atoms with E-state index in [1.807, 2.05) is 6.92 Å². The molecule has 0 saturated carbocycles. The number of ether oxygens (including phenoxy) is 4. The number of hydrogen-bond donors (Lipinski definition) is 1. The summed E-state index contributed by atoms with van der Waals surface area (Å²) in [5, 5.41) is 11.4. The highest BCUT2D eigenvalue weighted by atomic mass is 16.6. The monoisotopic (exact) mass is 517 g/mol. The van der Waals surface area contributed by atoms with E-state index in [1.165, 1.54) is 11.2 Å². The quantitative estimate of drug-likeness (QED) is 0.189. The third-order valence-electron chi connectivity index (χ3n) is 6.20. The lowest BCUT2D eigenvalue weighted by molar-refractivity contribution is -0.140. The first-order valence-corrected chi connectivity index (χ1v) is 12.2. The number of furan rings is 1. The van der Waals surface area contributed by atoms with Crippen molar-refractivity contribution in [3.8, 4) is 23.0 Å². The van der Waals surface area contributed by atoms with E-state index in [0.29, 0.717) is 59.7 Å². The molecule has 38 heavy (non-hydrogen) atoms. The Labute approximate surface area is 219 Å². The van der Waals surface area contributed by atoms with Crippen molar-refractivity contribution in [1.82, 2.24) is 4.90 Å². The molecule has 5 rings (SSSR count). The number of aliphatic hydroxyl groups excluding tert-OH is 1. The first kappa shape index (κ1) is 25.0. The molecule has 0 radical (unpaired) electrons. The van der Waals surface area contributed by atoms with Crippen molar-refractivity contribution in [2.24, 2.45) is 0 Å². The fraction of sp³-hybridized carbons (Fsp3) is 0.241. The Morgan fingerprint density at radius 2 is 1.89 bits per heavy atom. The zero-order valence-electron chi connectivity index (χ0n) is 20.8. The molecule has 1 fully saturated rings. The summed E-state index contributed by atoms with van der Waals surface area (Å²) < 4.78 is 28.2. The molecular formula is C29H27NO8. The van der Waals surface area contributed by atoms with E-state index in [-0.39, 0.29) is 24.5 Å². The van der Waals surface area contributed by atoms with Crippen LogP contribution in [0.2, 0.25) is 0 Å². The number of ketones is 1.